The van der Waals surface area contributed by atoms with Gasteiger partial charge in [0.05, 0.1) is 5.25 Å². The molecule has 1 aliphatic rings. The minimum absolute atomic E-state index is 0.311. The predicted octanol–water partition coefficient (Wildman–Crippen LogP) is 1.77. The van der Waals surface area contributed by atoms with Crippen LogP contribution in [0.1, 0.15) is 13.3 Å². The highest BCUT2D eigenvalue weighted by molar-refractivity contribution is 8.17. The van der Waals surface area contributed by atoms with Crippen LogP contribution in [-0.2, 0) is 4.79 Å². The van der Waals surface area contributed by atoms with Crippen molar-refractivity contribution in [3.8, 4) is 0 Å². The van der Waals surface area contributed by atoms with E-state index in [1.165, 1.54) is 0 Å². The highest BCUT2D eigenvalue weighted by atomic mass is 32.2. The summed E-state index contributed by atoms with van der Waals surface area (Å²) >= 11 is 3.71. The van der Waals surface area contributed by atoms with Gasteiger partial charge in [-0.3, -0.25) is 4.79 Å². The molecule has 1 aliphatic heterocycles. The Balaban J connectivity index is 2.31. The van der Waals surface area contributed by atoms with Crippen LogP contribution in [-0.4, -0.2) is 21.9 Å². The number of thioether (sulfide) groups is 2. The molecule has 1 unspecified atom stereocenters. The lowest BCUT2D eigenvalue weighted by molar-refractivity contribution is -0.116. The average molecular weight is 162 g/mol. The van der Waals surface area contributed by atoms with Gasteiger partial charge in [0.2, 0.25) is 0 Å². The normalized spacial score (nSPS) is 27.9. The fourth-order valence-electron chi connectivity index (χ4n) is 0.783. The van der Waals surface area contributed by atoms with E-state index in [1.54, 1.807) is 18.7 Å². The first-order valence-corrected chi connectivity index (χ1v) is 5.21. The molecule has 0 N–H and O–H groups in total. The molecule has 0 amide bonds. The van der Waals surface area contributed by atoms with E-state index < -0.39 is 0 Å². The van der Waals surface area contributed by atoms with E-state index in [0.717, 1.165) is 17.3 Å². The van der Waals surface area contributed by atoms with Gasteiger partial charge in [0.1, 0.15) is 5.78 Å². The quantitative estimate of drug-likeness (QED) is 0.585. The summed E-state index contributed by atoms with van der Waals surface area (Å²) in [6.45, 7) is 1.69. The van der Waals surface area contributed by atoms with Gasteiger partial charge in [0.15, 0.2) is 0 Å². The minimum Gasteiger partial charge on any atom is -0.299 e. The molecule has 0 aromatic heterocycles. The second kappa shape index (κ2) is 3.52. The van der Waals surface area contributed by atoms with Gasteiger partial charge in [0, 0.05) is 5.08 Å². The van der Waals surface area contributed by atoms with E-state index in [9.17, 15) is 4.79 Å². The Morgan fingerprint density at radius 2 is 2.44 bits per heavy atom. The zero-order chi connectivity index (χ0) is 6.69. The third-order valence-corrected chi connectivity index (χ3v) is 4.04. The molecule has 9 heavy (non-hydrogen) atoms. The second-order valence-electron chi connectivity index (χ2n) is 2.08. The molecule has 1 rings (SSSR count). The molecular formula is C6H10OS2. The van der Waals surface area contributed by atoms with Crippen molar-refractivity contribution in [3.63, 3.8) is 0 Å². The SMILES string of the molecule is CC(=O)C1CCSCS1. The average Bonchev–Trinajstić information content (AvgIpc) is 1.90. The maximum atomic E-state index is 10.8. The Hall–Kier alpha value is 0.370. The fraction of sp³-hybridized carbons (Fsp3) is 0.833. The van der Waals surface area contributed by atoms with Crippen molar-refractivity contribution < 1.29 is 4.79 Å². The van der Waals surface area contributed by atoms with Gasteiger partial charge >= 0.3 is 0 Å². The van der Waals surface area contributed by atoms with Crippen molar-refractivity contribution in [3.05, 3.63) is 0 Å². The molecule has 3 heteroatoms. The summed E-state index contributed by atoms with van der Waals surface area (Å²) < 4.78 is 0. The first-order chi connectivity index (χ1) is 4.30. The van der Waals surface area contributed by atoms with Gasteiger partial charge in [-0.05, 0) is 19.1 Å². The fourth-order valence-corrected chi connectivity index (χ4v) is 3.37. The zero-order valence-electron chi connectivity index (χ0n) is 5.42. The summed E-state index contributed by atoms with van der Waals surface area (Å²) in [5.41, 5.74) is 0. The van der Waals surface area contributed by atoms with E-state index >= 15 is 0 Å². The Morgan fingerprint density at radius 3 is 2.78 bits per heavy atom. The molecule has 1 atom stereocenters. The molecule has 0 aromatic carbocycles. The molecule has 1 fully saturated rings. The number of rotatable bonds is 1. The molecule has 0 bridgehead atoms. The highest BCUT2D eigenvalue weighted by Crippen LogP contribution is 2.28. The van der Waals surface area contributed by atoms with Gasteiger partial charge < -0.3 is 0 Å². The Kier molecular flexibility index (Phi) is 2.92. The first kappa shape index (κ1) is 7.48. The number of Topliss-reactive ketones (excluding diaryl/α,β-unsaturated/α-hetero) is 1. The van der Waals surface area contributed by atoms with Crippen LogP contribution in [0, 0.1) is 0 Å². The molecule has 1 heterocycles. The second-order valence-corrected chi connectivity index (χ2v) is 4.74. The van der Waals surface area contributed by atoms with E-state index in [-0.39, 0.29) is 0 Å². The molecule has 1 saturated heterocycles. The number of ketones is 1. The first-order valence-electron chi connectivity index (χ1n) is 3.00. The summed E-state index contributed by atoms with van der Waals surface area (Å²) in [6.07, 6.45) is 1.07. The van der Waals surface area contributed by atoms with Gasteiger partial charge in [0.25, 0.3) is 0 Å². The molecule has 52 valence electrons. The van der Waals surface area contributed by atoms with E-state index in [2.05, 4.69) is 0 Å². The van der Waals surface area contributed by atoms with Crippen LogP contribution in [0.25, 0.3) is 0 Å². The summed E-state index contributed by atoms with van der Waals surface area (Å²) in [7, 11) is 0. The lowest BCUT2D eigenvalue weighted by atomic mass is 10.2. The third kappa shape index (κ3) is 2.22. The van der Waals surface area contributed by atoms with Crippen molar-refractivity contribution in [2.75, 3.05) is 10.8 Å². The van der Waals surface area contributed by atoms with Gasteiger partial charge in [-0.2, -0.15) is 11.8 Å². The molecule has 0 saturated carbocycles. The molecular weight excluding hydrogens is 152 g/mol. The topological polar surface area (TPSA) is 17.1 Å². The minimum atomic E-state index is 0.311. The summed E-state index contributed by atoms with van der Waals surface area (Å²) in [6, 6.07) is 0. The summed E-state index contributed by atoms with van der Waals surface area (Å²) in [4.78, 5) is 10.8. The number of hydrogen-bond acceptors (Lipinski definition) is 3. The van der Waals surface area contributed by atoms with Crippen molar-refractivity contribution in [2.24, 2.45) is 0 Å². The smallest absolute Gasteiger partial charge is 0.142 e. The van der Waals surface area contributed by atoms with Crippen LogP contribution in [0.2, 0.25) is 0 Å². The monoisotopic (exact) mass is 162 g/mol. The molecule has 0 spiro atoms. The largest absolute Gasteiger partial charge is 0.299 e. The molecule has 0 aromatic rings. The van der Waals surface area contributed by atoms with E-state index in [0.29, 0.717) is 11.0 Å². The number of carbonyl (C=O) groups is 1. The number of hydrogen-bond donors (Lipinski definition) is 0. The summed E-state index contributed by atoms with van der Waals surface area (Å²) in [5.74, 6) is 1.51. The van der Waals surface area contributed by atoms with Crippen LogP contribution >= 0.6 is 23.5 Å². The molecule has 0 aliphatic carbocycles. The van der Waals surface area contributed by atoms with Crippen molar-refractivity contribution >= 4 is 29.3 Å². The van der Waals surface area contributed by atoms with Crippen molar-refractivity contribution in [1.82, 2.24) is 0 Å². The van der Waals surface area contributed by atoms with Crippen LogP contribution in [0.3, 0.4) is 0 Å². The van der Waals surface area contributed by atoms with Crippen LogP contribution < -0.4 is 0 Å². The van der Waals surface area contributed by atoms with E-state index in [1.807, 2.05) is 11.8 Å². The van der Waals surface area contributed by atoms with E-state index in [4.69, 9.17) is 0 Å². The van der Waals surface area contributed by atoms with Crippen molar-refractivity contribution in [2.45, 2.75) is 18.6 Å². The van der Waals surface area contributed by atoms with Crippen LogP contribution in [0.4, 0.5) is 0 Å². The van der Waals surface area contributed by atoms with Gasteiger partial charge in [-0.15, -0.1) is 11.8 Å². The van der Waals surface area contributed by atoms with Crippen molar-refractivity contribution in [1.29, 1.82) is 0 Å². The lowest BCUT2D eigenvalue weighted by Crippen LogP contribution is -2.17. The predicted molar refractivity (Wildman–Crippen MR) is 44.0 cm³/mol. The lowest BCUT2D eigenvalue weighted by Gasteiger charge is -2.17. The standard InChI is InChI=1S/C6H10OS2/c1-5(7)6-2-3-8-4-9-6/h6H,2-4H2,1H3. The molecule has 1 nitrogen and oxygen atoms in total. The van der Waals surface area contributed by atoms with Crippen LogP contribution in [0.5, 0.6) is 0 Å². The Bertz CT molecular complexity index is 108. The van der Waals surface area contributed by atoms with Gasteiger partial charge in [-0.25, -0.2) is 0 Å². The Morgan fingerprint density at radius 1 is 1.67 bits per heavy atom. The number of carbonyl (C=O) groups excluding carboxylic acids is 1. The molecule has 0 radical (unpaired) electrons. The highest BCUT2D eigenvalue weighted by Gasteiger charge is 2.17. The zero-order valence-corrected chi connectivity index (χ0v) is 7.06. The maximum Gasteiger partial charge on any atom is 0.142 e. The van der Waals surface area contributed by atoms with Crippen LogP contribution in [0.15, 0.2) is 0 Å². The maximum absolute atomic E-state index is 10.8. The summed E-state index contributed by atoms with van der Waals surface area (Å²) in [5, 5.41) is 1.41. The Labute approximate surface area is 64.0 Å². The third-order valence-electron chi connectivity index (χ3n) is 1.33. The van der Waals surface area contributed by atoms with Gasteiger partial charge in [-0.1, -0.05) is 0 Å².